The molecule has 4 aromatic carbocycles. The van der Waals surface area contributed by atoms with Gasteiger partial charge in [-0.15, -0.1) is 0 Å². The van der Waals surface area contributed by atoms with Crippen LogP contribution in [0.2, 0.25) is 0 Å². The fourth-order valence-corrected chi connectivity index (χ4v) is 5.30. The molecule has 0 unspecified atom stereocenters. The van der Waals surface area contributed by atoms with Gasteiger partial charge in [-0.3, -0.25) is 0 Å². The predicted octanol–water partition coefficient (Wildman–Crippen LogP) is 5.96. The van der Waals surface area contributed by atoms with E-state index in [9.17, 15) is 0 Å². The summed E-state index contributed by atoms with van der Waals surface area (Å²) in [5.74, 6) is 0.449. The van der Waals surface area contributed by atoms with E-state index >= 15 is 0 Å². The molecule has 2 aliphatic rings. The molecular weight excluding hydrogens is 372 g/mol. The zero-order chi connectivity index (χ0) is 20.3. The van der Waals surface area contributed by atoms with Crippen LogP contribution in [0.25, 0.3) is 21.5 Å². The van der Waals surface area contributed by atoms with Crippen LogP contribution in [0.4, 0.5) is 0 Å². The average Bonchev–Trinajstić information content (AvgIpc) is 2.79. The maximum Gasteiger partial charge on any atom is 0.201 e. The second-order valence-corrected chi connectivity index (χ2v) is 8.42. The van der Waals surface area contributed by atoms with Gasteiger partial charge in [-0.25, -0.2) is 0 Å². The third kappa shape index (κ3) is 2.46. The monoisotopic (exact) mass is 396 g/mol. The Morgan fingerprint density at radius 3 is 2.57 bits per heavy atom. The van der Waals surface area contributed by atoms with Gasteiger partial charge >= 0.3 is 0 Å². The lowest BCUT2D eigenvalue weighted by molar-refractivity contribution is -0.396. The number of ether oxygens (including phenoxy) is 3. The molecule has 1 fully saturated rings. The van der Waals surface area contributed by atoms with Crippen molar-refractivity contribution in [3.05, 3.63) is 89.5 Å². The van der Waals surface area contributed by atoms with Crippen LogP contribution in [0.1, 0.15) is 23.6 Å². The number of benzene rings is 4. The van der Waals surface area contributed by atoms with Gasteiger partial charge in [0.1, 0.15) is 5.75 Å². The van der Waals surface area contributed by atoms with Gasteiger partial charge in [-0.1, -0.05) is 54.6 Å². The van der Waals surface area contributed by atoms with Crippen LogP contribution >= 0.6 is 0 Å². The Labute approximate surface area is 176 Å². The van der Waals surface area contributed by atoms with Gasteiger partial charge in [0.05, 0.1) is 19.8 Å². The van der Waals surface area contributed by atoms with E-state index in [0.717, 1.165) is 12.2 Å². The Balaban J connectivity index is 1.50. The summed E-state index contributed by atoms with van der Waals surface area (Å²) in [4.78, 5) is 0. The molecule has 0 N–H and O–H groups in total. The molecule has 0 bridgehead atoms. The van der Waals surface area contributed by atoms with E-state index in [4.69, 9.17) is 14.2 Å². The van der Waals surface area contributed by atoms with E-state index in [1.807, 2.05) is 12.1 Å². The SMILES string of the molecule is COc1ccc(C[C@H]2[C@H](C)O[C@]23OCc2cccc4c2c3cc2ccccc24)cc1. The van der Waals surface area contributed by atoms with E-state index in [1.54, 1.807) is 7.11 Å². The standard InChI is InChI=1S/C27H24O3/c1-17-24(14-18-10-12-21(28-2)13-11-18)27(30-17)25-15-19-6-3-4-8-22(19)23-9-5-7-20(16-29-27)26(23)25/h3-13,15,17,24H,14,16H2,1-2H3/t17-,24-,27+/m0/s1. The summed E-state index contributed by atoms with van der Waals surface area (Å²) in [7, 11) is 1.70. The van der Waals surface area contributed by atoms with Gasteiger partial charge < -0.3 is 14.2 Å². The molecule has 30 heavy (non-hydrogen) atoms. The van der Waals surface area contributed by atoms with Crippen LogP contribution in [-0.2, 0) is 28.3 Å². The molecule has 3 atom stereocenters. The van der Waals surface area contributed by atoms with Crippen LogP contribution in [0, 0.1) is 5.92 Å². The van der Waals surface area contributed by atoms with Crippen LogP contribution in [0.3, 0.4) is 0 Å². The lowest BCUT2D eigenvalue weighted by atomic mass is 9.74. The van der Waals surface area contributed by atoms with Crippen molar-refractivity contribution in [3.63, 3.8) is 0 Å². The van der Waals surface area contributed by atoms with Crippen molar-refractivity contribution in [1.29, 1.82) is 0 Å². The van der Waals surface area contributed by atoms with Crippen LogP contribution < -0.4 is 4.74 Å². The van der Waals surface area contributed by atoms with E-state index in [0.29, 0.717) is 6.61 Å². The van der Waals surface area contributed by atoms with Crippen molar-refractivity contribution in [2.45, 2.75) is 31.8 Å². The molecular formula is C27H24O3. The first-order valence-corrected chi connectivity index (χ1v) is 10.6. The Morgan fingerprint density at radius 1 is 0.967 bits per heavy atom. The normalized spacial score (nSPS) is 24.9. The number of fused-ring (bicyclic) bond motifs is 3. The minimum atomic E-state index is -0.685. The molecule has 3 heteroatoms. The van der Waals surface area contributed by atoms with E-state index < -0.39 is 5.79 Å². The highest BCUT2D eigenvalue weighted by Gasteiger charge is 2.57. The minimum Gasteiger partial charge on any atom is -0.497 e. The van der Waals surface area contributed by atoms with Gasteiger partial charge in [-0.05, 0) is 64.2 Å². The molecule has 6 rings (SSSR count). The predicted molar refractivity (Wildman–Crippen MR) is 119 cm³/mol. The largest absolute Gasteiger partial charge is 0.497 e. The molecule has 4 aromatic rings. The topological polar surface area (TPSA) is 27.7 Å². The lowest BCUT2D eigenvalue weighted by Gasteiger charge is -2.55. The Morgan fingerprint density at radius 2 is 1.77 bits per heavy atom. The molecule has 0 amide bonds. The van der Waals surface area contributed by atoms with Crippen molar-refractivity contribution in [2.24, 2.45) is 5.92 Å². The van der Waals surface area contributed by atoms with Crippen molar-refractivity contribution in [3.8, 4) is 5.75 Å². The molecule has 150 valence electrons. The van der Waals surface area contributed by atoms with E-state index in [2.05, 4.69) is 67.6 Å². The third-order valence-corrected chi connectivity index (χ3v) is 6.82. The lowest BCUT2D eigenvalue weighted by Crippen LogP contribution is -2.59. The van der Waals surface area contributed by atoms with E-state index in [1.165, 1.54) is 38.2 Å². The second-order valence-electron chi connectivity index (χ2n) is 8.42. The maximum atomic E-state index is 6.52. The summed E-state index contributed by atoms with van der Waals surface area (Å²) < 4.78 is 18.3. The first kappa shape index (κ1) is 17.9. The number of rotatable bonds is 3. The molecule has 3 nitrogen and oxygen atoms in total. The highest BCUT2D eigenvalue weighted by Crippen LogP contribution is 2.55. The van der Waals surface area contributed by atoms with Crippen LogP contribution in [0.15, 0.2) is 72.8 Å². The average molecular weight is 396 g/mol. The van der Waals surface area contributed by atoms with Gasteiger partial charge in [0.25, 0.3) is 0 Å². The molecule has 0 aliphatic carbocycles. The van der Waals surface area contributed by atoms with E-state index in [-0.39, 0.29) is 12.0 Å². The summed E-state index contributed by atoms with van der Waals surface area (Å²) in [6, 6.07) is 25.8. The Bertz CT molecular complexity index is 1260. The highest BCUT2D eigenvalue weighted by atomic mass is 16.7. The zero-order valence-electron chi connectivity index (χ0n) is 17.2. The molecule has 0 radical (unpaired) electrons. The molecule has 1 spiro atoms. The summed E-state index contributed by atoms with van der Waals surface area (Å²) in [6.07, 6.45) is 1.04. The number of hydrogen-bond acceptors (Lipinski definition) is 3. The highest BCUT2D eigenvalue weighted by molar-refractivity contribution is 6.10. The summed E-state index contributed by atoms with van der Waals surface area (Å²) in [5, 5.41) is 5.10. The third-order valence-electron chi connectivity index (χ3n) is 6.82. The van der Waals surface area contributed by atoms with Crippen molar-refractivity contribution < 1.29 is 14.2 Å². The summed E-state index contributed by atoms with van der Waals surface area (Å²) in [6.45, 7) is 2.73. The summed E-state index contributed by atoms with van der Waals surface area (Å²) in [5.41, 5.74) is 3.69. The molecule has 0 aromatic heterocycles. The second kappa shape index (κ2) is 6.56. The maximum absolute atomic E-state index is 6.52. The molecule has 0 saturated carbocycles. The van der Waals surface area contributed by atoms with Crippen molar-refractivity contribution in [2.75, 3.05) is 7.11 Å². The number of methoxy groups -OCH3 is 1. The molecule has 2 heterocycles. The first-order valence-electron chi connectivity index (χ1n) is 10.6. The van der Waals surface area contributed by atoms with Gasteiger partial charge in [0.2, 0.25) is 5.79 Å². The number of hydrogen-bond donors (Lipinski definition) is 0. The molecule has 1 saturated heterocycles. The fourth-order valence-electron chi connectivity index (χ4n) is 5.30. The summed E-state index contributed by atoms with van der Waals surface area (Å²) >= 11 is 0. The van der Waals surface area contributed by atoms with Crippen LogP contribution in [-0.4, -0.2) is 13.2 Å². The zero-order valence-corrected chi connectivity index (χ0v) is 17.2. The van der Waals surface area contributed by atoms with Gasteiger partial charge in [0.15, 0.2) is 0 Å². The quantitative estimate of drug-likeness (QED) is 0.400. The van der Waals surface area contributed by atoms with Crippen molar-refractivity contribution in [1.82, 2.24) is 0 Å². The molecule has 2 aliphatic heterocycles. The van der Waals surface area contributed by atoms with Gasteiger partial charge in [-0.2, -0.15) is 0 Å². The Kier molecular flexibility index (Phi) is 3.92. The first-order chi connectivity index (χ1) is 14.7. The fraction of sp³-hybridized carbons (Fsp3) is 0.259. The minimum absolute atomic E-state index is 0.138. The Hall–Kier alpha value is -2.88. The van der Waals surface area contributed by atoms with Crippen LogP contribution in [0.5, 0.6) is 5.75 Å². The smallest absolute Gasteiger partial charge is 0.201 e. The van der Waals surface area contributed by atoms with Crippen molar-refractivity contribution >= 4 is 21.5 Å². The van der Waals surface area contributed by atoms with Gasteiger partial charge in [0, 0.05) is 11.5 Å².